The summed E-state index contributed by atoms with van der Waals surface area (Å²) in [6.07, 6.45) is 2.29. The molecule has 0 radical (unpaired) electrons. The average Bonchev–Trinajstić information content (AvgIpc) is 2.84. The van der Waals surface area contributed by atoms with Gasteiger partial charge in [-0.25, -0.2) is 0 Å². The summed E-state index contributed by atoms with van der Waals surface area (Å²) >= 11 is 0. The van der Waals surface area contributed by atoms with E-state index in [4.69, 9.17) is 4.74 Å². The molecular formula is C17H28N2O. The van der Waals surface area contributed by atoms with Crippen LogP contribution in [0.2, 0.25) is 0 Å². The number of fused-ring (bicyclic) bond motifs is 1. The fraction of sp³-hybridized carbons (Fsp3) is 0.647. The van der Waals surface area contributed by atoms with Crippen molar-refractivity contribution < 1.29 is 4.74 Å². The highest BCUT2D eigenvalue weighted by Crippen LogP contribution is 2.25. The van der Waals surface area contributed by atoms with Gasteiger partial charge in [0.2, 0.25) is 0 Å². The Morgan fingerprint density at radius 2 is 2.10 bits per heavy atom. The van der Waals surface area contributed by atoms with Crippen molar-refractivity contribution in [1.82, 2.24) is 10.2 Å². The van der Waals surface area contributed by atoms with Gasteiger partial charge in [-0.05, 0) is 43.6 Å². The molecule has 20 heavy (non-hydrogen) atoms. The first kappa shape index (κ1) is 15.3. The number of hydrogen-bond acceptors (Lipinski definition) is 3. The molecule has 1 aromatic rings. The molecule has 2 rings (SSSR count). The second kappa shape index (κ2) is 7.09. The maximum atomic E-state index is 5.54. The standard InChI is InChI=1S/C17H28N2O/c1-13(2)9-16(19(3)4)12-18-11-14-5-6-17-15(10-14)7-8-20-17/h5-6,10,13,16,18H,7-9,11-12H2,1-4H3. The number of ether oxygens (including phenoxy) is 1. The zero-order valence-corrected chi connectivity index (χ0v) is 13.3. The van der Waals surface area contributed by atoms with Crippen LogP contribution in [0.15, 0.2) is 18.2 Å². The lowest BCUT2D eigenvalue weighted by molar-refractivity contribution is 0.246. The van der Waals surface area contributed by atoms with E-state index in [2.05, 4.69) is 56.4 Å². The average molecular weight is 276 g/mol. The van der Waals surface area contributed by atoms with Gasteiger partial charge in [0.25, 0.3) is 0 Å². The van der Waals surface area contributed by atoms with Crippen LogP contribution in [0.5, 0.6) is 5.75 Å². The van der Waals surface area contributed by atoms with Crippen LogP contribution in [0.4, 0.5) is 0 Å². The number of nitrogens with one attached hydrogen (secondary N) is 1. The topological polar surface area (TPSA) is 24.5 Å². The summed E-state index contributed by atoms with van der Waals surface area (Å²) in [6, 6.07) is 7.16. The molecule has 3 heteroatoms. The Kier molecular flexibility index (Phi) is 5.44. The molecule has 0 fully saturated rings. The van der Waals surface area contributed by atoms with Crippen molar-refractivity contribution in [2.75, 3.05) is 27.2 Å². The molecule has 1 atom stereocenters. The summed E-state index contributed by atoms with van der Waals surface area (Å²) in [5.74, 6) is 1.81. The Hall–Kier alpha value is -1.06. The fourth-order valence-corrected chi connectivity index (χ4v) is 2.75. The Bertz CT molecular complexity index is 429. The normalized spacial score (nSPS) is 15.5. The second-order valence-corrected chi connectivity index (χ2v) is 6.42. The maximum absolute atomic E-state index is 5.54. The van der Waals surface area contributed by atoms with Crippen LogP contribution < -0.4 is 10.1 Å². The Morgan fingerprint density at radius 3 is 2.80 bits per heavy atom. The fourth-order valence-electron chi connectivity index (χ4n) is 2.75. The molecule has 1 aromatic carbocycles. The molecule has 1 heterocycles. The molecule has 0 saturated heterocycles. The van der Waals surface area contributed by atoms with Crippen LogP contribution in [0.25, 0.3) is 0 Å². The van der Waals surface area contributed by atoms with Crippen molar-refractivity contribution in [3.8, 4) is 5.75 Å². The number of rotatable bonds is 7. The second-order valence-electron chi connectivity index (χ2n) is 6.42. The quantitative estimate of drug-likeness (QED) is 0.828. The summed E-state index contributed by atoms with van der Waals surface area (Å²) in [5, 5.41) is 3.60. The lowest BCUT2D eigenvalue weighted by atomic mass is 10.0. The molecule has 1 aliphatic heterocycles. The molecule has 3 nitrogen and oxygen atoms in total. The molecule has 1 unspecified atom stereocenters. The monoisotopic (exact) mass is 276 g/mol. The highest BCUT2D eigenvalue weighted by atomic mass is 16.5. The van der Waals surface area contributed by atoms with E-state index in [0.29, 0.717) is 6.04 Å². The largest absolute Gasteiger partial charge is 0.493 e. The van der Waals surface area contributed by atoms with Crippen LogP contribution in [0, 0.1) is 5.92 Å². The predicted octanol–water partition coefficient (Wildman–Crippen LogP) is 2.69. The SMILES string of the molecule is CC(C)CC(CNCc1ccc2c(c1)CCO2)N(C)C. The zero-order valence-electron chi connectivity index (χ0n) is 13.3. The van der Waals surface area contributed by atoms with Gasteiger partial charge in [-0.1, -0.05) is 26.0 Å². The van der Waals surface area contributed by atoms with Crippen LogP contribution >= 0.6 is 0 Å². The first-order valence-electron chi connectivity index (χ1n) is 7.68. The van der Waals surface area contributed by atoms with E-state index in [1.807, 2.05) is 0 Å². The van der Waals surface area contributed by atoms with E-state index in [1.165, 1.54) is 17.5 Å². The van der Waals surface area contributed by atoms with Crippen molar-refractivity contribution in [3.63, 3.8) is 0 Å². The van der Waals surface area contributed by atoms with Gasteiger partial charge in [-0.3, -0.25) is 0 Å². The maximum Gasteiger partial charge on any atom is 0.122 e. The Morgan fingerprint density at radius 1 is 1.30 bits per heavy atom. The first-order chi connectivity index (χ1) is 9.56. The van der Waals surface area contributed by atoms with Gasteiger partial charge < -0.3 is 15.0 Å². The molecular weight excluding hydrogens is 248 g/mol. The minimum atomic E-state index is 0.604. The van der Waals surface area contributed by atoms with Gasteiger partial charge in [0, 0.05) is 25.6 Å². The third-order valence-corrected chi connectivity index (χ3v) is 3.94. The highest BCUT2D eigenvalue weighted by molar-refractivity contribution is 5.39. The van der Waals surface area contributed by atoms with Crippen molar-refractivity contribution >= 4 is 0 Å². The lowest BCUT2D eigenvalue weighted by Gasteiger charge is -2.26. The molecule has 0 amide bonds. The molecule has 1 N–H and O–H groups in total. The molecule has 0 aromatic heterocycles. The number of likely N-dealkylation sites (N-methyl/N-ethyl adjacent to an activating group) is 1. The third kappa shape index (κ3) is 4.22. The van der Waals surface area contributed by atoms with E-state index in [9.17, 15) is 0 Å². The number of hydrogen-bond donors (Lipinski definition) is 1. The summed E-state index contributed by atoms with van der Waals surface area (Å²) < 4.78 is 5.54. The molecule has 0 spiro atoms. The van der Waals surface area contributed by atoms with Gasteiger partial charge in [-0.2, -0.15) is 0 Å². The van der Waals surface area contributed by atoms with E-state index in [1.54, 1.807) is 0 Å². The van der Waals surface area contributed by atoms with Gasteiger partial charge in [0.05, 0.1) is 6.61 Å². The van der Waals surface area contributed by atoms with Gasteiger partial charge >= 0.3 is 0 Å². The van der Waals surface area contributed by atoms with E-state index < -0.39 is 0 Å². The zero-order chi connectivity index (χ0) is 14.5. The Balaban J connectivity index is 1.82. The van der Waals surface area contributed by atoms with Crippen LogP contribution in [0.3, 0.4) is 0 Å². The van der Waals surface area contributed by atoms with Gasteiger partial charge in [0.1, 0.15) is 5.75 Å². The minimum absolute atomic E-state index is 0.604. The molecule has 0 saturated carbocycles. The molecule has 0 bridgehead atoms. The number of nitrogens with zero attached hydrogens (tertiary/aromatic N) is 1. The van der Waals surface area contributed by atoms with Crippen molar-refractivity contribution in [3.05, 3.63) is 29.3 Å². The minimum Gasteiger partial charge on any atom is -0.493 e. The summed E-state index contributed by atoms with van der Waals surface area (Å²) in [6.45, 7) is 7.39. The molecule has 0 aliphatic carbocycles. The predicted molar refractivity (Wildman–Crippen MR) is 84.3 cm³/mol. The Labute approximate surface area is 123 Å². The van der Waals surface area contributed by atoms with E-state index >= 15 is 0 Å². The summed E-state index contributed by atoms with van der Waals surface area (Å²) in [7, 11) is 4.34. The van der Waals surface area contributed by atoms with Gasteiger partial charge in [-0.15, -0.1) is 0 Å². The highest BCUT2D eigenvalue weighted by Gasteiger charge is 2.14. The van der Waals surface area contributed by atoms with Crippen LogP contribution in [0.1, 0.15) is 31.4 Å². The summed E-state index contributed by atoms with van der Waals surface area (Å²) in [5.41, 5.74) is 2.71. The molecule has 1 aliphatic rings. The smallest absolute Gasteiger partial charge is 0.122 e. The van der Waals surface area contributed by atoms with Crippen LogP contribution in [-0.4, -0.2) is 38.2 Å². The van der Waals surface area contributed by atoms with E-state index in [0.717, 1.165) is 37.8 Å². The lowest BCUT2D eigenvalue weighted by Crippen LogP contribution is -2.38. The van der Waals surface area contributed by atoms with Crippen LogP contribution in [-0.2, 0) is 13.0 Å². The first-order valence-corrected chi connectivity index (χ1v) is 7.68. The van der Waals surface area contributed by atoms with E-state index in [-0.39, 0.29) is 0 Å². The van der Waals surface area contributed by atoms with Crippen molar-refractivity contribution in [2.24, 2.45) is 5.92 Å². The van der Waals surface area contributed by atoms with Crippen molar-refractivity contribution in [1.29, 1.82) is 0 Å². The third-order valence-electron chi connectivity index (χ3n) is 3.94. The van der Waals surface area contributed by atoms with Gasteiger partial charge in [0.15, 0.2) is 0 Å². The molecule has 112 valence electrons. The summed E-state index contributed by atoms with van der Waals surface area (Å²) in [4.78, 5) is 2.32. The number of benzene rings is 1. The van der Waals surface area contributed by atoms with Crippen molar-refractivity contribution in [2.45, 2.75) is 39.3 Å².